The fourth-order valence-corrected chi connectivity index (χ4v) is 3.29. The van der Waals surface area contributed by atoms with Crippen LogP contribution in [0.3, 0.4) is 0 Å². The van der Waals surface area contributed by atoms with E-state index in [1.54, 1.807) is 12.1 Å². The molecule has 2 fully saturated rings. The second-order valence-corrected chi connectivity index (χ2v) is 5.77. The van der Waals surface area contributed by atoms with Crippen LogP contribution in [-0.2, 0) is 0 Å². The summed E-state index contributed by atoms with van der Waals surface area (Å²) in [7, 11) is 0. The smallest absolute Gasteiger partial charge is 0.408 e. The Hall–Kier alpha value is -1.70. The van der Waals surface area contributed by atoms with E-state index < -0.39 is 30.5 Å². The minimum atomic E-state index is -2.98. The Morgan fingerprint density at radius 1 is 1.43 bits per heavy atom. The van der Waals surface area contributed by atoms with Crippen molar-refractivity contribution in [3.8, 4) is 0 Å². The van der Waals surface area contributed by atoms with Gasteiger partial charge in [0.05, 0.1) is 0 Å². The van der Waals surface area contributed by atoms with Crippen molar-refractivity contribution < 1.29 is 18.7 Å². The van der Waals surface area contributed by atoms with Crippen molar-refractivity contribution in [3.05, 3.63) is 17.3 Å². The lowest BCUT2D eigenvalue weighted by Crippen LogP contribution is -2.52. The normalized spacial score (nSPS) is 30.2. The second kappa shape index (κ2) is 4.94. The van der Waals surface area contributed by atoms with Crippen molar-refractivity contribution in [2.24, 2.45) is 0 Å². The number of rotatable bonds is 2. The molecule has 2 N–H and O–H groups in total. The monoisotopic (exact) mass is 318 g/mol. The van der Waals surface area contributed by atoms with Crippen molar-refractivity contribution in [1.82, 2.24) is 15.1 Å². The third-order valence-electron chi connectivity index (χ3n) is 3.99. The number of anilines is 1. The number of piperidine rings is 1. The SMILES string of the molecule is O=C(O)N1[C@H]2C[C@@H](Nc3ccc(Cl)nn3)C[C@@H]1C(F)(F)C2. The van der Waals surface area contributed by atoms with Gasteiger partial charge in [0.25, 0.3) is 5.92 Å². The van der Waals surface area contributed by atoms with Crippen LogP contribution in [0, 0.1) is 0 Å². The van der Waals surface area contributed by atoms with Gasteiger partial charge in [-0.1, -0.05) is 11.6 Å². The summed E-state index contributed by atoms with van der Waals surface area (Å²) >= 11 is 5.63. The lowest BCUT2D eigenvalue weighted by Gasteiger charge is -2.37. The number of carbonyl (C=O) groups is 1. The number of amides is 1. The summed E-state index contributed by atoms with van der Waals surface area (Å²) in [4.78, 5) is 12.0. The van der Waals surface area contributed by atoms with E-state index in [1.807, 2.05) is 0 Å². The van der Waals surface area contributed by atoms with E-state index in [0.717, 1.165) is 4.90 Å². The molecule has 114 valence electrons. The molecule has 2 aliphatic rings. The first-order valence-electron chi connectivity index (χ1n) is 6.51. The number of nitrogens with one attached hydrogen (secondary N) is 1. The van der Waals surface area contributed by atoms with Gasteiger partial charge >= 0.3 is 6.09 Å². The first-order chi connectivity index (χ1) is 9.87. The van der Waals surface area contributed by atoms with E-state index in [4.69, 9.17) is 16.7 Å². The quantitative estimate of drug-likeness (QED) is 0.875. The summed E-state index contributed by atoms with van der Waals surface area (Å²) in [6.07, 6.45) is -1.34. The average molecular weight is 319 g/mol. The van der Waals surface area contributed by atoms with Crippen molar-refractivity contribution in [2.45, 2.75) is 43.3 Å². The van der Waals surface area contributed by atoms with Crippen LogP contribution in [0.5, 0.6) is 0 Å². The number of nitrogens with zero attached hydrogens (tertiary/aromatic N) is 3. The molecule has 9 heteroatoms. The molecule has 1 amide bonds. The Balaban J connectivity index is 1.74. The van der Waals surface area contributed by atoms with Crippen LogP contribution in [0.1, 0.15) is 19.3 Å². The maximum absolute atomic E-state index is 13.9. The van der Waals surface area contributed by atoms with E-state index in [0.29, 0.717) is 12.2 Å². The number of hydrogen-bond acceptors (Lipinski definition) is 4. The van der Waals surface area contributed by atoms with Gasteiger partial charge in [-0.15, -0.1) is 10.2 Å². The van der Waals surface area contributed by atoms with Crippen LogP contribution in [-0.4, -0.2) is 50.3 Å². The van der Waals surface area contributed by atoms with Crippen LogP contribution in [0.15, 0.2) is 12.1 Å². The van der Waals surface area contributed by atoms with Gasteiger partial charge in [0.15, 0.2) is 5.15 Å². The number of halogens is 3. The van der Waals surface area contributed by atoms with Crippen molar-refractivity contribution in [1.29, 1.82) is 0 Å². The molecule has 0 aromatic carbocycles. The van der Waals surface area contributed by atoms with Crippen molar-refractivity contribution in [2.75, 3.05) is 5.32 Å². The standard InChI is InChI=1S/C12H13ClF2N4O2/c13-9-1-2-10(18-17-9)16-6-3-7-5-12(14,15)8(4-6)19(7)11(20)21/h1-2,6-8H,3-5H2,(H,16,18)(H,20,21)/t6-,7+,8-/m1/s1. The van der Waals surface area contributed by atoms with Crippen molar-refractivity contribution >= 4 is 23.5 Å². The van der Waals surface area contributed by atoms with Gasteiger partial charge in [-0.3, -0.25) is 4.90 Å². The molecule has 1 aromatic rings. The maximum atomic E-state index is 13.9. The fraction of sp³-hybridized carbons (Fsp3) is 0.583. The molecule has 2 aliphatic heterocycles. The summed E-state index contributed by atoms with van der Waals surface area (Å²) in [5.74, 6) is -2.54. The molecule has 2 bridgehead atoms. The summed E-state index contributed by atoms with van der Waals surface area (Å²) in [5, 5.41) is 19.9. The summed E-state index contributed by atoms with van der Waals surface area (Å²) in [6, 6.07) is 0.936. The van der Waals surface area contributed by atoms with Crippen LogP contribution in [0.25, 0.3) is 0 Å². The van der Waals surface area contributed by atoms with E-state index >= 15 is 0 Å². The number of carboxylic acid groups (broad SMARTS) is 1. The zero-order valence-corrected chi connectivity index (χ0v) is 11.6. The Morgan fingerprint density at radius 3 is 2.76 bits per heavy atom. The Kier molecular flexibility index (Phi) is 3.35. The Morgan fingerprint density at radius 2 is 2.19 bits per heavy atom. The Bertz CT molecular complexity index is 557. The van der Waals surface area contributed by atoms with E-state index in [-0.39, 0.29) is 17.6 Å². The van der Waals surface area contributed by atoms with Gasteiger partial charge in [0.2, 0.25) is 0 Å². The molecule has 3 atom stereocenters. The van der Waals surface area contributed by atoms with Crippen LogP contribution in [0.4, 0.5) is 19.4 Å². The van der Waals surface area contributed by atoms with Gasteiger partial charge in [-0.2, -0.15) is 0 Å². The third kappa shape index (κ3) is 2.59. The molecule has 0 radical (unpaired) electrons. The molecule has 21 heavy (non-hydrogen) atoms. The van der Waals surface area contributed by atoms with Gasteiger partial charge in [0, 0.05) is 18.5 Å². The topological polar surface area (TPSA) is 78.4 Å². The Labute approximate surface area is 124 Å². The molecule has 0 saturated carbocycles. The molecule has 0 spiro atoms. The minimum absolute atomic E-state index is 0.0418. The van der Waals surface area contributed by atoms with E-state index in [1.165, 1.54) is 0 Å². The van der Waals surface area contributed by atoms with Crippen LogP contribution in [0.2, 0.25) is 5.15 Å². The number of aromatic nitrogens is 2. The average Bonchev–Trinajstić information content (AvgIpc) is 2.56. The van der Waals surface area contributed by atoms with E-state index in [2.05, 4.69) is 15.5 Å². The van der Waals surface area contributed by atoms with Crippen LogP contribution >= 0.6 is 11.6 Å². The molecule has 3 heterocycles. The number of hydrogen-bond donors (Lipinski definition) is 2. The molecular weight excluding hydrogens is 306 g/mol. The molecule has 0 unspecified atom stereocenters. The van der Waals surface area contributed by atoms with Gasteiger partial charge < -0.3 is 10.4 Å². The first kappa shape index (κ1) is 14.2. The molecule has 3 rings (SSSR count). The van der Waals surface area contributed by atoms with E-state index in [9.17, 15) is 13.6 Å². The lowest BCUT2D eigenvalue weighted by molar-refractivity contribution is -0.0355. The summed E-state index contributed by atoms with van der Waals surface area (Å²) in [6.45, 7) is 0. The fourth-order valence-electron chi connectivity index (χ4n) is 3.19. The third-order valence-corrected chi connectivity index (χ3v) is 4.20. The zero-order chi connectivity index (χ0) is 15.2. The molecule has 1 aromatic heterocycles. The highest BCUT2D eigenvalue weighted by Crippen LogP contribution is 2.46. The molecule has 0 aliphatic carbocycles. The number of fused-ring (bicyclic) bond motifs is 2. The minimum Gasteiger partial charge on any atom is -0.465 e. The number of alkyl halides is 2. The lowest BCUT2D eigenvalue weighted by atomic mass is 9.97. The molecule has 6 nitrogen and oxygen atoms in total. The van der Waals surface area contributed by atoms with Gasteiger partial charge in [-0.05, 0) is 25.0 Å². The highest BCUT2D eigenvalue weighted by molar-refractivity contribution is 6.29. The molecule has 2 saturated heterocycles. The predicted octanol–water partition coefficient (Wildman–Crippen LogP) is 2.46. The summed E-state index contributed by atoms with van der Waals surface area (Å²) < 4.78 is 27.8. The maximum Gasteiger partial charge on any atom is 0.408 e. The highest BCUT2D eigenvalue weighted by atomic mass is 35.5. The first-order valence-corrected chi connectivity index (χ1v) is 6.89. The predicted molar refractivity (Wildman–Crippen MR) is 70.7 cm³/mol. The van der Waals surface area contributed by atoms with Crippen molar-refractivity contribution in [3.63, 3.8) is 0 Å². The zero-order valence-electron chi connectivity index (χ0n) is 10.8. The summed E-state index contributed by atoms with van der Waals surface area (Å²) in [5.41, 5.74) is 0. The highest BCUT2D eigenvalue weighted by Gasteiger charge is 2.59. The van der Waals surface area contributed by atoms with Gasteiger partial charge in [0.1, 0.15) is 11.9 Å². The second-order valence-electron chi connectivity index (χ2n) is 5.38. The largest absolute Gasteiger partial charge is 0.465 e. The van der Waals surface area contributed by atoms with Crippen LogP contribution < -0.4 is 5.32 Å². The molecular formula is C12H13ClF2N4O2. The van der Waals surface area contributed by atoms with Gasteiger partial charge in [-0.25, -0.2) is 13.6 Å².